The molecule has 1 aliphatic carbocycles. The number of methoxy groups -OCH3 is 1. The Balaban J connectivity index is 2.15. The molecule has 5 heteroatoms. The summed E-state index contributed by atoms with van der Waals surface area (Å²) in [7, 11) is 1.27. The maximum atomic E-state index is 13.7. The second-order valence-electron chi connectivity index (χ2n) is 4.59. The van der Waals surface area contributed by atoms with Crippen molar-refractivity contribution in [2.24, 2.45) is 5.92 Å². The van der Waals surface area contributed by atoms with Crippen LogP contribution in [0.15, 0.2) is 12.1 Å². The second kappa shape index (κ2) is 5.25. The molecule has 1 aromatic rings. The lowest BCUT2D eigenvalue weighted by molar-refractivity contribution is 0.0602. The van der Waals surface area contributed by atoms with Crippen molar-refractivity contribution >= 4 is 17.3 Å². The van der Waals surface area contributed by atoms with Gasteiger partial charge in [0.2, 0.25) is 0 Å². The smallest absolute Gasteiger partial charge is 0.340 e. The van der Waals surface area contributed by atoms with Crippen LogP contribution in [0.2, 0.25) is 0 Å². The fraction of sp³-hybridized carbons (Fsp3) is 0.462. The van der Waals surface area contributed by atoms with Crippen molar-refractivity contribution in [3.05, 3.63) is 23.5 Å². The van der Waals surface area contributed by atoms with Crippen molar-refractivity contribution < 1.29 is 13.9 Å². The SMILES string of the molecule is COC(=O)c1cc(NCC2CCC2)c(F)cc1N. The molecule has 4 nitrogen and oxygen atoms in total. The molecule has 1 saturated carbocycles. The van der Waals surface area contributed by atoms with Crippen molar-refractivity contribution in [3.8, 4) is 0 Å². The minimum absolute atomic E-state index is 0.0912. The molecule has 0 amide bonds. The number of ether oxygens (including phenoxy) is 1. The van der Waals surface area contributed by atoms with Crippen LogP contribution in [0.1, 0.15) is 29.6 Å². The molecule has 0 unspecified atom stereocenters. The summed E-state index contributed by atoms with van der Waals surface area (Å²) in [6.45, 7) is 0.724. The summed E-state index contributed by atoms with van der Waals surface area (Å²) in [6.07, 6.45) is 3.59. The van der Waals surface area contributed by atoms with Crippen molar-refractivity contribution in [2.45, 2.75) is 19.3 Å². The fourth-order valence-electron chi connectivity index (χ4n) is 1.96. The van der Waals surface area contributed by atoms with Crippen molar-refractivity contribution in [3.63, 3.8) is 0 Å². The number of anilines is 2. The highest BCUT2D eigenvalue weighted by atomic mass is 19.1. The van der Waals surface area contributed by atoms with Crippen molar-refractivity contribution in [1.29, 1.82) is 0 Å². The van der Waals surface area contributed by atoms with Gasteiger partial charge in [0.1, 0.15) is 5.82 Å². The molecule has 2 rings (SSSR count). The summed E-state index contributed by atoms with van der Waals surface area (Å²) < 4.78 is 18.3. The molecule has 18 heavy (non-hydrogen) atoms. The number of hydrogen-bond donors (Lipinski definition) is 2. The monoisotopic (exact) mass is 252 g/mol. The summed E-state index contributed by atoms with van der Waals surface area (Å²) in [5.74, 6) is -0.401. The Kier molecular flexibility index (Phi) is 3.69. The van der Waals surface area contributed by atoms with E-state index in [0.29, 0.717) is 11.6 Å². The molecule has 0 spiro atoms. The van der Waals surface area contributed by atoms with Crippen LogP contribution >= 0.6 is 0 Å². The Bertz CT molecular complexity index is 459. The normalized spacial score (nSPS) is 15.0. The number of carbonyl (C=O) groups is 1. The predicted octanol–water partition coefficient (Wildman–Crippen LogP) is 2.41. The van der Waals surface area contributed by atoms with Gasteiger partial charge in [-0.15, -0.1) is 0 Å². The summed E-state index contributed by atoms with van der Waals surface area (Å²) >= 11 is 0. The molecule has 1 fully saturated rings. The lowest BCUT2D eigenvalue weighted by Crippen LogP contribution is -2.21. The number of nitrogens with one attached hydrogen (secondary N) is 1. The third-order valence-electron chi connectivity index (χ3n) is 3.35. The van der Waals surface area contributed by atoms with Gasteiger partial charge in [0, 0.05) is 12.2 Å². The molecule has 0 atom stereocenters. The van der Waals surface area contributed by atoms with Gasteiger partial charge in [0.05, 0.1) is 18.4 Å². The van der Waals surface area contributed by atoms with Gasteiger partial charge in [-0.3, -0.25) is 0 Å². The van der Waals surface area contributed by atoms with Crippen LogP contribution in [0.25, 0.3) is 0 Å². The molecule has 0 aromatic heterocycles. The Morgan fingerprint density at radius 2 is 2.28 bits per heavy atom. The third-order valence-corrected chi connectivity index (χ3v) is 3.35. The number of nitrogens with two attached hydrogens (primary N) is 1. The van der Waals surface area contributed by atoms with Crippen LogP contribution in [0.5, 0.6) is 0 Å². The molecule has 0 aliphatic heterocycles. The van der Waals surface area contributed by atoms with Gasteiger partial charge in [-0.1, -0.05) is 6.42 Å². The summed E-state index contributed by atoms with van der Waals surface area (Å²) in [5, 5.41) is 3.02. The van der Waals surface area contributed by atoms with E-state index in [9.17, 15) is 9.18 Å². The molecular weight excluding hydrogens is 235 g/mol. The van der Waals surface area contributed by atoms with E-state index in [1.54, 1.807) is 0 Å². The van der Waals surface area contributed by atoms with E-state index in [-0.39, 0.29) is 11.3 Å². The average molecular weight is 252 g/mol. The van der Waals surface area contributed by atoms with Crippen LogP contribution < -0.4 is 11.1 Å². The first kappa shape index (κ1) is 12.7. The molecule has 0 saturated heterocycles. The highest BCUT2D eigenvalue weighted by molar-refractivity contribution is 5.96. The number of halogens is 1. The third kappa shape index (κ3) is 2.55. The van der Waals surface area contributed by atoms with Crippen LogP contribution in [0.4, 0.5) is 15.8 Å². The van der Waals surface area contributed by atoms with Gasteiger partial charge >= 0.3 is 5.97 Å². The van der Waals surface area contributed by atoms with E-state index in [4.69, 9.17) is 5.73 Å². The minimum atomic E-state index is -0.556. The fourth-order valence-corrected chi connectivity index (χ4v) is 1.96. The first-order chi connectivity index (χ1) is 8.61. The standard InChI is InChI=1S/C13H17FN2O2/c1-18-13(17)9-5-12(10(14)6-11(9)15)16-7-8-3-2-4-8/h5-6,8,16H,2-4,7,15H2,1H3. The molecule has 3 N–H and O–H groups in total. The maximum Gasteiger partial charge on any atom is 0.340 e. The maximum absolute atomic E-state index is 13.7. The number of esters is 1. The van der Waals surface area contributed by atoms with Gasteiger partial charge in [0.25, 0.3) is 0 Å². The Hall–Kier alpha value is -1.78. The first-order valence-corrected chi connectivity index (χ1v) is 6.03. The molecule has 1 aliphatic rings. The average Bonchev–Trinajstić information content (AvgIpc) is 2.28. The Labute approximate surface area is 105 Å². The quantitative estimate of drug-likeness (QED) is 0.638. The van der Waals surface area contributed by atoms with Crippen LogP contribution in [0.3, 0.4) is 0 Å². The van der Waals surface area contributed by atoms with E-state index in [0.717, 1.165) is 12.6 Å². The second-order valence-corrected chi connectivity index (χ2v) is 4.59. The molecule has 0 radical (unpaired) electrons. The molecule has 0 heterocycles. The predicted molar refractivity (Wildman–Crippen MR) is 68.0 cm³/mol. The summed E-state index contributed by atoms with van der Waals surface area (Å²) in [6, 6.07) is 2.56. The van der Waals surface area contributed by atoms with E-state index < -0.39 is 11.8 Å². The van der Waals surface area contributed by atoms with E-state index in [1.807, 2.05) is 0 Å². The lowest BCUT2D eigenvalue weighted by atomic mass is 9.85. The number of hydrogen-bond acceptors (Lipinski definition) is 4. The van der Waals surface area contributed by atoms with Gasteiger partial charge < -0.3 is 15.8 Å². The molecule has 0 bridgehead atoms. The van der Waals surface area contributed by atoms with E-state index in [2.05, 4.69) is 10.1 Å². The number of carbonyl (C=O) groups excluding carboxylic acids is 1. The van der Waals surface area contributed by atoms with Crippen LogP contribution in [0, 0.1) is 11.7 Å². The molecular formula is C13H17FN2O2. The largest absolute Gasteiger partial charge is 0.465 e. The zero-order valence-electron chi connectivity index (χ0n) is 10.3. The number of rotatable bonds is 4. The first-order valence-electron chi connectivity index (χ1n) is 6.03. The lowest BCUT2D eigenvalue weighted by Gasteiger charge is -2.26. The zero-order chi connectivity index (χ0) is 13.1. The Morgan fingerprint density at radius 3 is 2.83 bits per heavy atom. The number of nitrogen functional groups attached to an aromatic ring is 1. The van der Waals surface area contributed by atoms with Gasteiger partial charge in [-0.25, -0.2) is 9.18 Å². The number of benzene rings is 1. The van der Waals surface area contributed by atoms with Crippen LogP contribution in [-0.2, 0) is 4.74 Å². The molecule has 1 aromatic carbocycles. The minimum Gasteiger partial charge on any atom is -0.465 e. The van der Waals surface area contributed by atoms with E-state index >= 15 is 0 Å². The van der Waals surface area contributed by atoms with Gasteiger partial charge in [-0.05, 0) is 30.9 Å². The van der Waals surface area contributed by atoms with Crippen molar-refractivity contribution in [2.75, 3.05) is 24.7 Å². The van der Waals surface area contributed by atoms with Gasteiger partial charge in [-0.2, -0.15) is 0 Å². The highest BCUT2D eigenvalue weighted by Gasteiger charge is 2.19. The topological polar surface area (TPSA) is 64.3 Å². The summed E-state index contributed by atoms with van der Waals surface area (Å²) in [5.41, 5.74) is 6.17. The zero-order valence-corrected chi connectivity index (χ0v) is 10.3. The van der Waals surface area contributed by atoms with Gasteiger partial charge in [0.15, 0.2) is 0 Å². The molecule has 98 valence electrons. The Morgan fingerprint density at radius 1 is 1.56 bits per heavy atom. The highest BCUT2D eigenvalue weighted by Crippen LogP contribution is 2.28. The summed E-state index contributed by atoms with van der Waals surface area (Å²) in [4.78, 5) is 11.5. The van der Waals surface area contributed by atoms with Crippen LogP contribution in [-0.4, -0.2) is 19.6 Å². The van der Waals surface area contributed by atoms with Crippen molar-refractivity contribution in [1.82, 2.24) is 0 Å². The van der Waals surface area contributed by atoms with E-state index in [1.165, 1.54) is 32.4 Å².